The summed E-state index contributed by atoms with van der Waals surface area (Å²) in [7, 11) is 0. The molecule has 0 aliphatic carbocycles. The Kier molecular flexibility index (Phi) is 9.45. The molecule has 0 fully saturated rings. The topological polar surface area (TPSA) is 116 Å². The fourth-order valence-corrected chi connectivity index (χ4v) is 2.16. The maximum absolute atomic E-state index is 12.4. The molecule has 142 valence electrons. The van der Waals surface area contributed by atoms with Gasteiger partial charge >= 0.3 is 0 Å². The van der Waals surface area contributed by atoms with Crippen LogP contribution in [-0.2, 0) is 25.6 Å². The average Bonchev–Trinajstić information content (AvgIpc) is 2.64. The number of nitrogens with one attached hydrogen (secondary N) is 4. The van der Waals surface area contributed by atoms with Gasteiger partial charge in [-0.3, -0.25) is 19.2 Å². The second kappa shape index (κ2) is 11.6. The quantitative estimate of drug-likeness (QED) is 0.449. The van der Waals surface area contributed by atoms with E-state index in [0.29, 0.717) is 6.54 Å². The van der Waals surface area contributed by atoms with Crippen molar-refractivity contribution in [3.05, 3.63) is 35.9 Å². The van der Waals surface area contributed by atoms with Crippen LogP contribution in [0.1, 0.15) is 25.8 Å². The van der Waals surface area contributed by atoms with E-state index in [-0.39, 0.29) is 37.7 Å². The largest absolute Gasteiger partial charge is 0.355 e. The Balaban J connectivity index is 2.68. The minimum Gasteiger partial charge on any atom is -0.355 e. The first kappa shape index (κ1) is 21.1. The molecule has 0 spiro atoms. The summed E-state index contributed by atoms with van der Waals surface area (Å²) in [6.07, 6.45) is 0.545. The van der Waals surface area contributed by atoms with Crippen molar-refractivity contribution in [3.63, 3.8) is 0 Å². The van der Waals surface area contributed by atoms with Gasteiger partial charge in [0.15, 0.2) is 0 Å². The van der Waals surface area contributed by atoms with Crippen molar-refractivity contribution in [3.8, 4) is 0 Å². The number of hydrogen-bond donors (Lipinski definition) is 4. The molecule has 0 heterocycles. The van der Waals surface area contributed by atoms with Crippen LogP contribution in [0.15, 0.2) is 30.3 Å². The van der Waals surface area contributed by atoms with Crippen LogP contribution in [0.3, 0.4) is 0 Å². The Hall–Kier alpha value is -2.90. The second-order valence-corrected chi connectivity index (χ2v) is 5.61. The van der Waals surface area contributed by atoms with Gasteiger partial charge < -0.3 is 21.3 Å². The van der Waals surface area contributed by atoms with Crippen LogP contribution in [-0.4, -0.2) is 49.3 Å². The van der Waals surface area contributed by atoms with Gasteiger partial charge in [0.05, 0.1) is 13.1 Å². The third kappa shape index (κ3) is 8.27. The lowest BCUT2D eigenvalue weighted by atomic mass is 10.1. The molecule has 26 heavy (non-hydrogen) atoms. The van der Waals surface area contributed by atoms with E-state index in [0.717, 1.165) is 5.56 Å². The smallest absolute Gasteiger partial charge is 0.243 e. The molecule has 4 amide bonds. The zero-order chi connectivity index (χ0) is 19.4. The van der Waals surface area contributed by atoms with Crippen molar-refractivity contribution in [1.29, 1.82) is 0 Å². The normalized spacial score (nSPS) is 11.2. The molecule has 0 aliphatic rings. The lowest BCUT2D eigenvalue weighted by molar-refractivity contribution is -0.130. The van der Waals surface area contributed by atoms with Gasteiger partial charge in [-0.05, 0) is 12.5 Å². The van der Waals surface area contributed by atoms with E-state index in [1.54, 1.807) is 13.8 Å². The van der Waals surface area contributed by atoms with Gasteiger partial charge in [-0.1, -0.05) is 37.3 Å². The highest BCUT2D eigenvalue weighted by Gasteiger charge is 2.21. The van der Waals surface area contributed by atoms with E-state index in [9.17, 15) is 19.2 Å². The maximum Gasteiger partial charge on any atom is 0.243 e. The van der Waals surface area contributed by atoms with Crippen molar-refractivity contribution in [2.24, 2.45) is 0 Å². The monoisotopic (exact) mass is 362 g/mol. The first-order valence-corrected chi connectivity index (χ1v) is 8.60. The molecular weight excluding hydrogens is 336 g/mol. The van der Waals surface area contributed by atoms with Gasteiger partial charge in [0.1, 0.15) is 6.04 Å². The van der Waals surface area contributed by atoms with Crippen molar-refractivity contribution in [2.45, 2.75) is 32.7 Å². The molecule has 0 aromatic heterocycles. The van der Waals surface area contributed by atoms with Gasteiger partial charge in [-0.15, -0.1) is 0 Å². The van der Waals surface area contributed by atoms with Crippen LogP contribution in [0, 0.1) is 0 Å². The van der Waals surface area contributed by atoms with E-state index in [2.05, 4.69) is 21.3 Å². The number of likely N-dealkylation sites (N-methyl/N-ethyl adjacent to an activating group) is 1. The fourth-order valence-electron chi connectivity index (χ4n) is 2.16. The molecule has 1 rings (SSSR count). The summed E-state index contributed by atoms with van der Waals surface area (Å²) in [4.78, 5) is 47.2. The van der Waals surface area contributed by atoms with E-state index in [1.165, 1.54) is 0 Å². The zero-order valence-electron chi connectivity index (χ0n) is 15.1. The molecule has 8 heteroatoms. The lowest BCUT2D eigenvalue weighted by Crippen LogP contribution is -2.52. The summed E-state index contributed by atoms with van der Waals surface area (Å²) in [5.74, 6) is -1.49. The van der Waals surface area contributed by atoms with Gasteiger partial charge in [-0.25, -0.2) is 0 Å². The van der Waals surface area contributed by atoms with Crippen molar-refractivity contribution in [2.75, 3.05) is 19.6 Å². The third-order valence-corrected chi connectivity index (χ3v) is 3.50. The highest BCUT2D eigenvalue weighted by Crippen LogP contribution is 2.03. The predicted octanol–water partition coefficient (Wildman–Crippen LogP) is -0.508. The van der Waals surface area contributed by atoms with Gasteiger partial charge in [0, 0.05) is 19.4 Å². The number of carbonyl (C=O) groups excluding carboxylic acids is 4. The van der Waals surface area contributed by atoms with Gasteiger partial charge in [0.2, 0.25) is 23.6 Å². The van der Waals surface area contributed by atoms with Crippen molar-refractivity contribution in [1.82, 2.24) is 21.3 Å². The van der Waals surface area contributed by atoms with E-state index < -0.39 is 17.9 Å². The first-order chi connectivity index (χ1) is 12.5. The molecular formula is C18H26N4O4. The van der Waals surface area contributed by atoms with Crippen LogP contribution in [0.4, 0.5) is 0 Å². The molecule has 0 aliphatic heterocycles. The standard InChI is InChI=1S/C18H26N4O4/c1-3-15(23)20-12-17(25)22-14(10-13-8-6-5-7-9-13)18(26)21-11-16(24)19-4-2/h5-9,14H,3-4,10-12H2,1-2H3,(H,19,24)(H,20,23)(H,21,26)(H,22,25)/t14-/m0/s1. The average molecular weight is 362 g/mol. The Morgan fingerprint density at radius 1 is 0.846 bits per heavy atom. The zero-order valence-corrected chi connectivity index (χ0v) is 15.1. The van der Waals surface area contributed by atoms with Crippen LogP contribution in [0.5, 0.6) is 0 Å². The van der Waals surface area contributed by atoms with Gasteiger partial charge in [0.25, 0.3) is 0 Å². The first-order valence-electron chi connectivity index (χ1n) is 8.60. The van der Waals surface area contributed by atoms with Crippen LogP contribution >= 0.6 is 0 Å². The van der Waals surface area contributed by atoms with Crippen LogP contribution < -0.4 is 21.3 Å². The van der Waals surface area contributed by atoms with Crippen molar-refractivity contribution >= 4 is 23.6 Å². The summed E-state index contributed by atoms with van der Waals surface area (Å²) < 4.78 is 0. The molecule has 0 saturated carbocycles. The Morgan fingerprint density at radius 3 is 2.12 bits per heavy atom. The molecule has 0 radical (unpaired) electrons. The molecule has 1 atom stereocenters. The highest BCUT2D eigenvalue weighted by atomic mass is 16.2. The minimum absolute atomic E-state index is 0.166. The molecule has 0 unspecified atom stereocenters. The summed E-state index contributed by atoms with van der Waals surface area (Å²) in [5, 5.41) is 10.2. The van der Waals surface area contributed by atoms with Crippen molar-refractivity contribution < 1.29 is 19.2 Å². The number of hydrogen-bond acceptors (Lipinski definition) is 4. The maximum atomic E-state index is 12.4. The summed E-state index contributed by atoms with van der Waals surface area (Å²) in [5.41, 5.74) is 0.864. The Bertz CT molecular complexity index is 619. The predicted molar refractivity (Wildman–Crippen MR) is 97.1 cm³/mol. The number of carbonyl (C=O) groups is 4. The summed E-state index contributed by atoms with van der Waals surface area (Å²) in [6, 6.07) is 8.36. The molecule has 8 nitrogen and oxygen atoms in total. The number of amides is 4. The molecule has 1 aromatic rings. The van der Waals surface area contributed by atoms with E-state index in [4.69, 9.17) is 0 Å². The lowest BCUT2D eigenvalue weighted by Gasteiger charge is -2.19. The van der Waals surface area contributed by atoms with E-state index in [1.807, 2.05) is 30.3 Å². The fraction of sp³-hybridized carbons (Fsp3) is 0.444. The van der Waals surface area contributed by atoms with Gasteiger partial charge in [-0.2, -0.15) is 0 Å². The molecule has 4 N–H and O–H groups in total. The van der Waals surface area contributed by atoms with E-state index >= 15 is 0 Å². The second-order valence-electron chi connectivity index (χ2n) is 5.61. The SMILES string of the molecule is CCNC(=O)CNC(=O)[C@H](Cc1ccccc1)NC(=O)CNC(=O)CC. The highest BCUT2D eigenvalue weighted by molar-refractivity contribution is 5.92. The summed E-state index contributed by atoms with van der Waals surface area (Å²) in [6.45, 7) is 3.56. The minimum atomic E-state index is -0.849. The molecule has 0 bridgehead atoms. The summed E-state index contributed by atoms with van der Waals surface area (Å²) >= 11 is 0. The third-order valence-electron chi connectivity index (χ3n) is 3.50. The number of benzene rings is 1. The van der Waals surface area contributed by atoms with Crippen LogP contribution in [0.25, 0.3) is 0 Å². The Morgan fingerprint density at radius 2 is 1.50 bits per heavy atom. The Labute approximate surface area is 153 Å². The number of rotatable bonds is 10. The van der Waals surface area contributed by atoms with Crippen LogP contribution in [0.2, 0.25) is 0 Å². The molecule has 0 saturated heterocycles. The molecule has 1 aromatic carbocycles.